The molecule has 0 aromatic heterocycles. The predicted molar refractivity (Wildman–Crippen MR) is 101 cm³/mol. The lowest BCUT2D eigenvalue weighted by atomic mass is 10.1. The van der Waals surface area contributed by atoms with Crippen LogP contribution in [0.15, 0.2) is 29.3 Å². The van der Waals surface area contributed by atoms with Crippen LogP contribution in [0.4, 0.5) is 13.2 Å². The van der Waals surface area contributed by atoms with E-state index in [0.29, 0.717) is 30.5 Å². The fourth-order valence-electron chi connectivity index (χ4n) is 1.81. The smallest absolute Gasteiger partial charge is 0.372 e. The second kappa shape index (κ2) is 12.6. The summed E-state index contributed by atoms with van der Waals surface area (Å²) in [7, 11) is 1.63. The second-order valence-electron chi connectivity index (χ2n) is 4.83. The number of aliphatic imine (C=N–C) groups is 1. The van der Waals surface area contributed by atoms with Crippen molar-refractivity contribution < 1.29 is 17.9 Å². The van der Waals surface area contributed by atoms with Crippen molar-refractivity contribution in [3.05, 3.63) is 34.9 Å². The highest BCUT2D eigenvalue weighted by atomic mass is 127. The Hall–Kier alpha value is -0.740. The zero-order valence-corrected chi connectivity index (χ0v) is 16.4. The van der Waals surface area contributed by atoms with Crippen LogP contribution in [0.3, 0.4) is 0 Å². The molecule has 0 aliphatic heterocycles. The molecule has 0 radical (unpaired) electrons. The van der Waals surface area contributed by atoms with Gasteiger partial charge in [0.05, 0.1) is 0 Å². The van der Waals surface area contributed by atoms with Gasteiger partial charge in [-0.05, 0) is 30.5 Å². The van der Waals surface area contributed by atoms with E-state index >= 15 is 0 Å². The van der Waals surface area contributed by atoms with Gasteiger partial charge in [-0.2, -0.15) is 13.2 Å². The second-order valence-corrected chi connectivity index (χ2v) is 5.26. The molecule has 0 heterocycles. The monoisotopic (exact) mass is 479 g/mol. The van der Waals surface area contributed by atoms with Gasteiger partial charge in [-0.1, -0.05) is 23.7 Å². The molecule has 0 amide bonds. The first kappa shape index (κ1) is 23.3. The van der Waals surface area contributed by atoms with E-state index in [9.17, 15) is 13.2 Å². The number of halogens is 5. The van der Waals surface area contributed by atoms with E-state index in [-0.39, 0.29) is 30.6 Å². The Morgan fingerprint density at radius 1 is 1.25 bits per heavy atom. The zero-order valence-electron chi connectivity index (χ0n) is 13.3. The number of nitrogens with one attached hydrogen (secondary N) is 2. The molecule has 0 aliphatic rings. The lowest BCUT2D eigenvalue weighted by Gasteiger charge is -2.12. The van der Waals surface area contributed by atoms with Crippen molar-refractivity contribution in [2.24, 2.45) is 4.99 Å². The number of hydrogen-bond acceptors (Lipinski definition) is 2. The van der Waals surface area contributed by atoms with Gasteiger partial charge in [0.15, 0.2) is 5.96 Å². The number of ether oxygens (including phenoxy) is 1. The van der Waals surface area contributed by atoms with Crippen molar-refractivity contribution in [3.63, 3.8) is 0 Å². The quantitative estimate of drug-likeness (QED) is 0.259. The maximum absolute atomic E-state index is 11.9. The van der Waals surface area contributed by atoms with Gasteiger partial charge in [-0.15, -0.1) is 24.0 Å². The molecule has 1 aromatic rings. The maximum atomic E-state index is 11.9. The van der Waals surface area contributed by atoms with Gasteiger partial charge in [-0.3, -0.25) is 4.99 Å². The summed E-state index contributed by atoms with van der Waals surface area (Å²) in [6.45, 7) is -0.00901. The Morgan fingerprint density at radius 3 is 2.58 bits per heavy atom. The molecule has 24 heavy (non-hydrogen) atoms. The summed E-state index contributed by atoms with van der Waals surface area (Å²) in [5, 5.41) is 6.84. The molecule has 0 fully saturated rings. The van der Waals surface area contributed by atoms with Gasteiger partial charge in [0.1, 0.15) is 6.61 Å². The van der Waals surface area contributed by atoms with E-state index in [1.54, 1.807) is 7.05 Å². The third-order valence-corrected chi connectivity index (χ3v) is 3.08. The molecule has 9 heteroatoms. The summed E-state index contributed by atoms with van der Waals surface area (Å²) in [5.74, 6) is 0.600. The van der Waals surface area contributed by atoms with Gasteiger partial charge >= 0.3 is 6.18 Å². The molecule has 0 bridgehead atoms. The molecule has 0 unspecified atom stereocenters. The standard InChI is InChI=1S/C15H21ClF3N3O.HI/c1-20-14(21-7-3-9-23-11-15(17,18)19)22-8-6-12-4-2-5-13(16)10-12;/h2,4-5,10H,3,6-9,11H2,1H3,(H2,20,21,22);1H. The lowest BCUT2D eigenvalue weighted by molar-refractivity contribution is -0.173. The van der Waals surface area contributed by atoms with Crippen LogP contribution in [0.25, 0.3) is 0 Å². The Kier molecular flexibility index (Phi) is 12.2. The van der Waals surface area contributed by atoms with Crippen LogP contribution in [0.1, 0.15) is 12.0 Å². The molecular weight excluding hydrogens is 458 g/mol. The fraction of sp³-hybridized carbons (Fsp3) is 0.533. The normalized spacial score (nSPS) is 11.8. The minimum Gasteiger partial charge on any atom is -0.372 e. The van der Waals surface area contributed by atoms with E-state index in [1.807, 2.05) is 24.3 Å². The van der Waals surface area contributed by atoms with E-state index in [4.69, 9.17) is 11.6 Å². The molecular formula is C15H22ClF3IN3O. The van der Waals surface area contributed by atoms with Crippen molar-refractivity contribution in [3.8, 4) is 0 Å². The molecule has 1 aromatic carbocycles. The van der Waals surface area contributed by atoms with Gasteiger partial charge < -0.3 is 15.4 Å². The molecule has 0 aliphatic carbocycles. The highest BCUT2D eigenvalue weighted by Gasteiger charge is 2.27. The predicted octanol–water partition coefficient (Wildman–Crippen LogP) is 3.63. The zero-order chi connectivity index (χ0) is 17.1. The van der Waals surface area contributed by atoms with E-state index < -0.39 is 12.8 Å². The molecule has 138 valence electrons. The Morgan fingerprint density at radius 2 is 1.96 bits per heavy atom. The van der Waals surface area contributed by atoms with Gasteiger partial charge in [0, 0.05) is 31.8 Å². The summed E-state index contributed by atoms with van der Waals surface area (Å²) >= 11 is 5.91. The summed E-state index contributed by atoms with van der Waals surface area (Å²) in [6, 6.07) is 7.60. The third-order valence-electron chi connectivity index (χ3n) is 2.84. The minimum atomic E-state index is -4.27. The Labute approximate surface area is 162 Å². The third kappa shape index (κ3) is 11.7. The first-order valence-electron chi connectivity index (χ1n) is 7.24. The molecule has 0 saturated heterocycles. The summed E-state index contributed by atoms with van der Waals surface area (Å²) in [6.07, 6.45) is -3.02. The maximum Gasteiger partial charge on any atom is 0.411 e. The molecule has 1 rings (SSSR count). The molecule has 2 N–H and O–H groups in total. The average molecular weight is 480 g/mol. The Balaban J connectivity index is 0.00000529. The van der Waals surface area contributed by atoms with Crippen LogP contribution < -0.4 is 10.6 Å². The van der Waals surface area contributed by atoms with Crippen molar-refractivity contribution in [1.82, 2.24) is 10.6 Å². The first-order valence-corrected chi connectivity index (χ1v) is 7.62. The van der Waals surface area contributed by atoms with Crippen molar-refractivity contribution >= 4 is 41.5 Å². The van der Waals surface area contributed by atoms with Crippen LogP contribution in [-0.4, -0.2) is 45.5 Å². The van der Waals surface area contributed by atoms with Crippen molar-refractivity contribution in [2.45, 2.75) is 19.0 Å². The van der Waals surface area contributed by atoms with Gasteiger partial charge in [-0.25, -0.2) is 0 Å². The fourth-order valence-corrected chi connectivity index (χ4v) is 2.02. The summed E-state index contributed by atoms with van der Waals surface area (Å²) in [5.41, 5.74) is 1.11. The number of guanidine groups is 1. The van der Waals surface area contributed by atoms with Gasteiger partial charge in [0.2, 0.25) is 0 Å². The molecule has 0 spiro atoms. The summed E-state index contributed by atoms with van der Waals surface area (Å²) < 4.78 is 40.1. The number of rotatable bonds is 8. The largest absolute Gasteiger partial charge is 0.411 e. The molecule has 0 atom stereocenters. The Bertz CT molecular complexity index is 501. The lowest BCUT2D eigenvalue weighted by Crippen LogP contribution is -2.39. The van der Waals surface area contributed by atoms with Crippen LogP contribution in [0, 0.1) is 0 Å². The van der Waals surface area contributed by atoms with E-state index in [0.717, 1.165) is 12.0 Å². The van der Waals surface area contributed by atoms with Crippen molar-refractivity contribution in [2.75, 3.05) is 33.4 Å². The highest BCUT2D eigenvalue weighted by Crippen LogP contribution is 2.14. The topological polar surface area (TPSA) is 45.7 Å². The molecule has 4 nitrogen and oxygen atoms in total. The number of hydrogen-bond donors (Lipinski definition) is 2. The highest BCUT2D eigenvalue weighted by molar-refractivity contribution is 14.0. The minimum absolute atomic E-state index is 0. The summed E-state index contributed by atoms with van der Waals surface area (Å²) in [4.78, 5) is 4.04. The average Bonchev–Trinajstić information content (AvgIpc) is 2.48. The number of alkyl halides is 3. The first-order chi connectivity index (χ1) is 10.9. The van der Waals surface area contributed by atoms with Crippen LogP contribution in [0.5, 0.6) is 0 Å². The number of nitrogens with zero attached hydrogens (tertiary/aromatic N) is 1. The van der Waals surface area contributed by atoms with E-state index in [2.05, 4.69) is 20.4 Å². The molecule has 0 saturated carbocycles. The van der Waals surface area contributed by atoms with Gasteiger partial charge in [0.25, 0.3) is 0 Å². The van der Waals surface area contributed by atoms with E-state index in [1.165, 1.54) is 0 Å². The SMILES string of the molecule is CN=C(NCCCOCC(F)(F)F)NCCc1cccc(Cl)c1.I. The van der Waals surface area contributed by atoms with Crippen LogP contribution >= 0.6 is 35.6 Å². The van der Waals surface area contributed by atoms with Crippen molar-refractivity contribution in [1.29, 1.82) is 0 Å². The van der Waals surface area contributed by atoms with Crippen LogP contribution in [-0.2, 0) is 11.2 Å². The number of benzene rings is 1. The van der Waals surface area contributed by atoms with Crippen LogP contribution in [0.2, 0.25) is 5.02 Å².